The fourth-order valence-corrected chi connectivity index (χ4v) is 2.72. The van der Waals surface area contributed by atoms with Crippen molar-refractivity contribution in [3.05, 3.63) is 0 Å². The Morgan fingerprint density at radius 2 is 2.12 bits per heavy atom. The Morgan fingerprint density at radius 1 is 1.44 bits per heavy atom. The van der Waals surface area contributed by atoms with E-state index in [2.05, 4.69) is 15.5 Å². The molecule has 1 amide bonds. The van der Waals surface area contributed by atoms with Crippen LogP contribution < -0.4 is 10.6 Å². The Labute approximate surface area is 97.8 Å². The van der Waals surface area contributed by atoms with Crippen LogP contribution in [0.1, 0.15) is 19.3 Å². The molecule has 2 rings (SSSR count). The van der Waals surface area contributed by atoms with Gasteiger partial charge in [-0.3, -0.25) is 4.79 Å². The fourth-order valence-electron chi connectivity index (χ4n) is 2.72. The van der Waals surface area contributed by atoms with Crippen molar-refractivity contribution in [2.75, 3.05) is 40.3 Å². The Morgan fingerprint density at radius 3 is 2.75 bits per heavy atom. The van der Waals surface area contributed by atoms with Crippen LogP contribution in [0.3, 0.4) is 0 Å². The van der Waals surface area contributed by atoms with Crippen LogP contribution in [0.2, 0.25) is 0 Å². The summed E-state index contributed by atoms with van der Waals surface area (Å²) in [6.45, 7) is 3.87. The normalized spacial score (nSPS) is 27.1. The highest BCUT2D eigenvalue weighted by atomic mass is 16.2. The third-order valence-electron chi connectivity index (χ3n) is 3.96. The Kier molecular flexibility index (Phi) is 3.50. The van der Waals surface area contributed by atoms with Gasteiger partial charge in [0.2, 0.25) is 5.91 Å². The SMILES string of the molecule is CN(C)CCNC(=O)C1CC12CCNCC2. The predicted octanol–water partition coefficient (Wildman–Crippen LogP) is 0.0539. The summed E-state index contributed by atoms with van der Waals surface area (Å²) in [6.07, 6.45) is 3.47. The van der Waals surface area contributed by atoms with Crippen molar-refractivity contribution < 1.29 is 4.79 Å². The van der Waals surface area contributed by atoms with Gasteiger partial charge in [0.15, 0.2) is 0 Å². The maximum atomic E-state index is 11.9. The number of nitrogens with one attached hydrogen (secondary N) is 2. The molecule has 1 aliphatic heterocycles. The average molecular weight is 225 g/mol. The van der Waals surface area contributed by atoms with Gasteiger partial charge in [0.1, 0.15) is 0 Å². The molecule has 0 bridgehead atoms. The average Bonchev–Trinajstić information content (AvgIpc) is 2.92. The van der Waals surface area contributed by atoms with Crippen molar-refractivity contribution in [3.63, 3.8) is 0 Å². The van der Waals surface area contributed by atoms with Crippen molar-refractivity contribution >= 4 is 5.91 Å². The van der Waals surface area contributed by atoms with E-state index >= 15 is 0 Å². The number of carbonyl (C=O) groups is 1. The first kappa shape index (κ1) is 11.9. The van der Waals surface area contributed by atoms with Gasteiger partial charge >= 0.3 is 0 Å². The number of hydrogen-bond acceptors (Lipinski definition) is 3. The molecule has 4 nitrogen and oxygen atoms in total. The number of hydrogen-bond donors (Lipinski definition) is 2. The molecule has 0 aromatic rings. The first-order valence-electron chi connectivity index (χ1n) is 6.27. The molecule has 1 aliphatic carbocycles. The van der Waals surface area contributed by atoms with Crippen molar-refractivity contribution in [2.24, 2.45) is 11.3 Å². The van der Waals surface area contributed by atoms with Gasteiger partial charge in [0.25, 0.3) is 0 Å². The third-order valence-corrected chi connectivity index (χ3v) is 3.96. The lowest BCUT2D eigenvalue weighted by Gasteiger charge is -2.23. The van der Waals surface area contributed by atoms with Crippen LogP contribution in [0.4, 0.5) is 0 Å². The fraction of sp³-hybridized carbons (Fsp3) is 0.917. The number of rotatable bonds is 4. The summed E-state index contributed by atoms with van der Waals surface area (Å²) < 4.78 is 0. The standard InChI is InChI=1S/C12H23N3O/c1-15(2)8-7-14-11(16)10-9-12(10)3-5-13-6-4-12/h10,13H,3-9H2,1-2H3,(H,14,16). The van der Waals surface area contributed by atoms with Gasteiger partial charge in [0, 0.05) is 19.0 Å². The van der Waals surface area contributed by atoms with Crippen LogP contribution in [-0.4, -0.2) is 51.1 Å². The van der Waals surface area contributed by atoms with Gasteiger partial charge in [0.05, 0.1) is 0 Å². The van der Waals surface area contributed by atoms with Gasteiger partial charge in [-0.1, -0.05) is 0 Å². The van der Waals surface area contributed by atoms with Crippen molar-refractivity contribution in [3.8, 4) is 0 Å². The van der Waals surface area contributed by atoms with E-state index in [1.807, 2.05) is 14.1 Å². The summed E-state index contributed by atoms with van der Waals surface area (Å²) in [5.74, 6) is 0.584. The molecule has 0 radical (unpaired) electrons. The van der Waals surface area contributed by atoms with Crippen molar-refractivity contribution in [1.82, 2.24) is 15.5 Å². The summed E-state index contributed by atoms with van der Waals surface area (Å²) in [7, 11) is 4.05. The molecule has 2 N–H and O–H groups in total. The molecule has 1 heterocycles. The van der Waals surface area contributed by atoms with Crippen LogP contribution in [0.25, 0.3) is 0 Å². The van der Waals surface area contributed by atoms with E-state index in [0.717, 1.165) is 32.6 Å². The molecule has 1 unspecified atom stereocenters. The Balaban J connectivity index is 1.71. The lowest BCUT2D eigenvalue weighted by Crippen LogP contribution is -2.36. The van der Waals surface area contributed by atoms with Crippen LogP contribution in [-0.2, 0) is 4.79 Å². The predicted molar refractivity (Wildman–Crippen MR) is 64.2 cm³/mol. The second-order valence-corrected chi connectivity index (χ2v) is 5.46. The minimum Gasteiger partial charge on any atom is -0.355 e. The molecule has 4 heteroatoms. The van der Waals surface area contributed by atoms with Crippen LogP contribution in [0, 0.1) is 11.3 Å². The van der Waals surface area contributed by atoms with Gasteiger partial charge in [-0.2, -0.15) is 0 Å². The highest BCUT2D eigenvalue weighted by molar-refractivity contribution is 5.82. The van der Waals surface area contributed by atoms with E-state index in [9.17, 15) is 4.79 Å². The molecular formula is C12H23N3O. The maximum Gasteiger partial charge on any atom is 0.223 e. The topological polar surface area (TPSA) is 44.4 Å². The van der Waals surface area contributed by atoms with Crippen molar-refractivity contribution in [1.29, 1.82) is 0 Å². The monoisotopic (exact) mass is 225 g/mol. The summed E-state index contributed by atoms with van der Waals surface area (Å²) >= 11 is 0. The van der Waals surface area contributed by atoms with Crippen molar-refractivity contribution in [2.45, 2.75) is 19.3 Å². The molecule has 16 heavy (non-hydrogen) atoms. The Hall–Kier alpha value is -0.610. The van der Waals surface area contributed by atoms with E-state index in [1.54, 1.807) is 0 Å². The Bertz CT molecular complexity index is 259. The lowest BCUT2D eigenvalue weighted by molar-refractivity contribution is -0.123. The minimum atomic E-state index is 0.281. The van der Waals surface area contributed by atoms with Gasteiger partial charge in [-0.05, 0) is 51.9 Å². The molecule has 0 aromatic carbocycles. The second kappa shape index (κ2) is 4.72. The summed E-state index contributed by atoms with van der Waals surface area (Å²) in [5.41, 5.74) is 0.369. The smallest absolute Gasteiger partial charge is 0.223 e. The quantitative estimate of drug-likeness (QED) is 0.711. The molecule has 2 aliphatic rings. The van der Waals surface area contributed by atoms with Crippen LogP contribution in [0.5, 0.6) is 0 Å². The number of amides is 1. The largest absolute Gasteiger partial charge is 0.355 e. The number of likely N-dealkylation sites (N-methyl/N-ethyl adjacent to an activating group) is 1. The van der Waals surface area contributed by atoms with E-state index in [-0.39, 0.29) is 5.91 Å². The minimum absolute atomic E-state index is 0.281. The molecule has 1 atom stereocenters. The molecule has 0 aromatic heterocycles. The van der Waals surface area contributed by atoms with Gasteiger partial charge < -0.3 is 15.5 Å². The van der Waals surface area contributed by atoms with E-state index in [1.165, 1.54) is 12.8 Å². The van der Waals surface area contributed by atoms with Crippen LogP contribution in [0.15, 0.2) is 0 Å². The van der Waals surface area contributed by atoms with Gasteiger partial charge in [-0.15, -0.1) is 0 Å². The zero-order valence-electron chi connectivity index (χ0n) is 10.4. The zero-order valence-corrected chi connectivity index (χ0v) is 10.4. The second-order valence-electron chi connectivity index (χ2n) is 5.46. The number of carbonyl (C=O) groups excluding carboxylic acids is 1. The van der Waals surface area contributed by atoms with E-state index in [0.29, 0.717) is 11.3 Å². The first-order valence-corrected chi connectivity index (χ1v) is 6.27. The zero-order chi connectivity index (χ0) is 11.6. The lowest BCUT2D eigenvalue weighted by atomic mass is 9.92. The molecule has 1 spiro atoms. The highest BCUT2D eigenvalue weighted by Crippen LogP contribution is 2.58. The summed E-state index contributed by atoms with van der Waals surface area (Å²) in [6, 6.07) is 0. The summed E-state index contributed by atoms with van der Waals surface area (Å²) in [4.78, 5) is 14.0. The van der Waals surface area contributed by atoms with Crippen LogP contribution >= 0.6 is 0 Å². The number of nitrogens with zero attached hydrogens (tertiary/aromatic N) is 1. The van der Waals surface area contributed by atoms with Gasteiger partial charge in [-0.25, -0.2) is 0 Å². The van der Waals surface area contributed by atoms with E-state index in [4.69, 9.17) is 0 Å². The molecule has 2 fully saturated rings. The maximum absolute atomic E-state index is 11.9. The molecule has 92 valence electrons. The molecule has 1 saturated carbocycles. The van der Waals surface area contributed by atoms with E-state index < -0.39 is 0 Å². The number of piperidine rings is 1. The third kappa shape index (κ3) is 2.55. The molecule has 1 saturated heterocycles. The molecular weight excluding hydrogens is 202 g/mol. The summed E-state index contributed by atoms with van der Waals surface area (Å²) in [5, 5.41) is 6.41. The first-order chi connectivity index (χ1) is 7.64. The highest BCUT2D eigenvalue weighted by Gasteiger charge is 2.57.